The maximum atomic E-state index is 15.1. The fraction of sp³-hybridized carbons (Fsp3) is 0.148. The third-order valence-corrected chi connectivity index (χ3v) is 6.54. The summed E-state index contributed by atoms with van der Waals surface area (Å²) in [6.07, 6.45) is 4.99. The van der Waals surface area contributed by atoms with Crippen molar-refractivity contribution in [3.8, 4) is 21.8 Å². The monoisotopic (exact) mass is 503 g/mol. The number of nitrogens with one attached hydrogen (secondary N) is 2. The molecule has 184 valence electrons. The van der Waals surface area contributed by atoms with Crippen LogP contribution in [0.2, 0.25) is 0 Å². The SMILES string of the molecule is C=C1C=C(c2sc(-c3ccccc3)nc2-c2cccc(N)c2F)C=CNC1=NC[C@@H](C)NC(=O)OC. The van der Waals surface area contributed by atoms with Crippen LogP contribution in [0.15, 0.2) is 84.0 Å². The average Bonchev–Trinajstić information content (AvgIpc) is 3.23. The fourth-order valence-corrected chi connectivity index (χ4v) is 4.65. The van der Waals surface area contributed by atoms with E-state index in [9.17, 15) is 4.79 Å². The lowest BCUT2D eigenvalue weighted by atomic mass is 10.0. The Hall–Kier alpha value is -4.24. The number of aliphatic imine (C=N–C) groups is 1. The Balaban J connectivity index is 1.72. The van der Waals surface area contributed by atoms with E-state index in [1.54, 1.807) is 18.3 Å². The van der Waals surface area contributed by atoms with Crippen molar-refractivity contribution in [3.05, 3.63) is 89.7 Å². The van der Waals surface area contributed by atoms with Crippen LogP contribution in [0.1, 0.15) is 11.8 Å². The number of halogens is 1. The summed E-state index contributed by atoms with van der Waals surface area (Å²) >= 11 is 1.46. The molecule has 0 bridgehead atoms. The first-order chi connectivity index (χ1) is 17.4. The van der Waals surface area contributed by atoms with Crippen molar-refractivity contribution in [2.24, 2.45) is 4.99 Å². The minimum atomic E-state index is -0.516. The molecule has 7 nitrogen and oxygen atoms in total. The molecule has 0 radical (unpaired) electrons. The quantitative estimate of drug-likeness (QED) is 0.391. The lowest BCUT2D eigenvalue weighted by Gasteiger charge is -2.11. The third-order valence-electron chi connectivity index (χ3n) is 5.38. The molecular formula is C27H26FN5O2S. The van der Waals surface area contributed by atoms with Crippen molar-refractivity contribution < 1.29 is 13.9 Å². The number of nitrogens with two attached hydrogens (primary N) is 1. The number of nitrogen functional groups attached to an aromatic ring is 1. The number of carbonyl (C=O) groups excluding carboxylic acids is 1. The van der Waals surface area contributed by atoms with E-state index >= 15 is 4.39 Å². The van der Waals surface area contributed by atoms with Crippen LogP contribution >= 0.6 is 11.3 Å². The van der Waals surface area contributed by atoms with Gasteiger partial charge in [-0.15, -0.1) is 11.3 Å². The van der Waals surface area contributed by atoms with Crippen molar-refractivity contribution >= 4 is 34.5 Å². The third kappa shape index (κ3) is 5.52. The van der Waals surface area contributed by atoms with Crippen LogP contribution in [0, 0.1) is 5.82 Å². The number of amidine groups is 1. The van der Waals surface area contributed by atoms with Crippen LogP contribution in [0.3, 0.4) is 0 Å². The molecule has 1 amide bonds. The molecule has 1 aromatic heterocycles. The summed E-state index contributed by atoms with van der Waals surface area (Å²) in [6, 6.07) is 14.4. The van der Waals surface area contributed by atoms with E-state index in [0.29, 0.717) is 29.2 Å². The number of rotatable bonds is 6. The van der Waals surface area contributed by atoms with Crippen LogP contribution in [0.25, 0.3) is 27.4 Å². The van der Waals surface area contributed by atoms with Gasteiger partial charge in [-0.05, 0) is 36.8 Å². The van der Waals surface area contributed by atoms with Gasteiger partial charge < -0.3 is 21.1 Å². The van der Waals surface area contributed by atoms with Gasteiger partial charge in [-0.1, -0.05) is 43.0 Å². The summed E-state index contributed by atoms with van der Waals surface area (Å²) in [5.41, 5.74) is 9.13. The fourth-order valence-electron chi connectivity index (χ4n) is 3.56. The lowest BCUT2D eigenvalue weighted by molar-refractivity contribution is 0.168. The number of nitrogens with zero attached hydrogens (tertiary/aromatic N) is 2. The Labute approximate surface area is 212 Å². The molecule has 0 aliphatic carbocycles. The maximum Gasteiger partial charge on any atom is 0.407 e. The number of thiazole rings is 1. The summed E-state index contributed by atoms with van der Waals surface area (Å²) in [5.74, 6) is 0.0532. The first-order valence-electron chi connectivity index (χ1n) is 11.2. The summed E-state index contributed by atoms with van der Waals surface area (Å²) in [4.78, 5) is 21.6. The number of allylic oxidation sites excluding steroid dienone is 2. The summed E-state index contributed by atoms with van der Waals surface area (Å²) in [5, 5.41) is 6.57. The first kappa shape index (κ1) is 24.9. The molecule has 0 saturated carbocycles. The molecule has 1 atom stereocenters. The molecule has 2 aromatic carbocycles. The van der Waals surface area contributed by atoms with Gasteiger partial charge in [-0.3, -0.25) is 4.99 Å². The zero-order chi connectivity index (χ0) is 25.7. The number of methoxy groups -OCH3 is 1. The van der Waals surface area contributed by atoms with Crippen LogP contribution in [0.5, 0.6) is 0 Å². The normalized spacial score (nSPS) is 15.1. The van der Waals surface area contributed by atoms with Crippen molar-refractivity contribution in [2.45, 2.75) is 13.0 Å². The predicted octanol–water partition coefficient (Wildman–Crippen LogP) is 5.40. The minimum Gasteiger partial charge on any atom is -0.453 e. The molecule has 4 N–H and O–H groups in total. The molecule has 0 saturated heterocycles. The van der Waals surface area contributed by atoms with Gasteiger partial charge in [0.05, 0.1) is 29.9 Å². The molecule has 9 heteroatoms. The highest BCUT2D eigenvalue weighted by molar-refractivity contribution is 7.16. The second-order valence-electron chi connectivity index (χ2n) is 8.10. The zero-order valence-electron chi connectivity index (χ0n) is 19.9. The van der Waals surface area contributed by atoms with Crippen LogP contribution < -0.4 is 16.4 Å². The van der Waals surface area contributed by atoms with Gasteiger partial charge in [0.25, 0.3) is 0 Å². The second-order valence-corrected chi connectivity index (χ2v) is 9.10. The van der Waals surface area contributed by atoms with E-state index in [1.165, 1.54) is 24.5 Å². The van der Waals surface area contributed by atoms with Gasteiger partial charge in [0, 0.05) is 28.9 Å². The maximum absolute atomic E-state index is 15.1. The molecule has 36 heavy (non-hydrogen) atoms. The van der Waals surface area contributed by atoms with E-state index < -0.39 is 11.9 Å². The number of benzene rings is 2. The van der Waals surface area contributed by atoms with Crippen molar-refractivity contribution in [3.63, 3.8) is 0 Å². The Morgan fingerprint density at radius 3 is 2.81 bits per heavy atom. The van der Waals surface area contributed by atoms with E-state index in [2.05, 4.69) is 26.9 Å². The van der Waals surface area contributed by atoms with Crippen molar-refractivity contribution in [1.82, 2.24) is 15.6 Å². The van der Waals surface area contributed by atoms with Gasteiger partial charge in [0.2, 0.25) is 0 Å². The molecule has 1 aliphatic rings. The molecular weight excluding hydrogens is 477 g/mol. The van der Waals surface area contributed by atoms with Crippen LogP contribution in [-0.4, -0.2) is 36.6 Å². The van der Waals surface area contributed by atoms with E-state index in [4.69, 9.17) is 10.7 Å². The average molecular weight is 504 g/mol. The molecule has 0 fully saturated rings. The number of alkyl carbamates (subject to hydrolysis) is 1. The summed E-state index contributed by atoms with van der Waals surface area (Å²) in [7, 11) is 1.31. The van der Waals surface area contributed by atoms with Crippen molar-refractivity contribution in [2.75, 3.05) is 19.4 Å². The predicted molar refractivity (Wildman–Crippen MR) is 144 cm³/mol. The molecule has 2 heterocycles. The number of anilines is 1. The van der Waals surface area contributed by atoms with E-state index in [1.807, 2.05) is 49.4 Å². The number of hydrogen-bond acceptors (Lipinski definition) is 6. The van der Waals surface area contributed by atoms with E-state index in [0.717, 1.165) is 21.0 Å². The Morgan fingerprint density at radius 1 is 1.28 bits per heavy atom. The second kappa shape index (κ2) is 11.0. The number of amides is 1. The highest BCUT2D eigenvalue weighted by atomic mass is 32.1. The Bertz CT molecular complexity index is 1380. The molecule has 3 aromatic rings. The minimum absolute atomic E-state index is 0.0632. The van der Waals surface area contributed by atoms with E-state index in [-0.39, 0.29) is 11.7 Å². The number of hydrogen-bond donors (Lipinski definition) is 3. The first-order valence-corrected chi connectivity index (χ1v) is 12.0. The topological polar surface area (TPSA) is 102 Å². The van der Waals surface area contributed by atoms with Gasteiger partial charge in [0.15, 0.2) is 5.82 Å². The van der Waals surface area contributed by atoms with Gasteiger partial charge >= 0.3 is 6.09 Å². The highest BCUT2D eigenvalue weighted by Gasteiger charge is 2.21. The molecule has 0 unspecified atom stereocenters. The Morgan fingerprint density at radius 2 is 2.06 bits per heavy atom. The van der Waals surface area contributed by atoms with Crippen molar-refractivity contribution in [1.29, 1.82) is 0 Å². The van der Waals surface area contributed by atoms with Gasteiger partial charge in [-0.2, -0.15) is 0 Å². The Kier molecular flexibility index (Phi) is 7.60. The molecule has 0 spiro atoms. The summed E-state index contributed by atoms with van der Waals surface area (Å²) in [6.45, 7) is 6.30. The number of ether oxygens (including phenoxy) is 1. The summed E-state index contributed by atoms with van der Waals surface area (Å²) < 4.78 is 19.7. The van der Waals surface area contributed by atoms with Crippen LogP contribution in [-0.2, 0) is 4.74 Å². The highest BCUT2D eigenvalue weighted by Crippen LogP contribution is 2.40. The zero-order valence-corrected chi connectivity index (χ0v) is 20.7. The largest absolute Gasteiger partial charge is 0.453 e. The number of aromatic nitrogens is 1. The standard InChI is InChI=1S/C27H26FN5O2S/c1-16-14-19(12-13-30-25(16)31-15-17(2)32-27(34)35-3)24-23(20-10-7-11-21(29)22(20)28)33-26(36-24)18-8-5-4-6-9-18/h4-14,17H,1,15,29H2,2-3H3,(H,30,31)(H,32,34)/t17-/m1/s1. The number of carbonyl (C=O) groups is 1. The molecule has 4 rings (SSSR count). The smallest absolute Gasteiger partial charge is 0.407 e. The van der Waals surface area contributed by atoms with Gasteiger partial charge in [-0.25, -0.2) is 14.2 Å². The molecule has 1 aliphatic heterocycles. The van der Waals surface area contributed by atoms with Gasteiger partial charge in [0.1, 0.15) is 10.8 Å². The lowest BCUT2D eigenvalue weighted by Crippen LogP contribution is -2.35. The van der Waals surface area contributed by atoms with Crippen LogP contribution in [0.4, 0.5) is 14.9 Å².